The highest BCUT2D eigenvalue weighted by Gasteiger charge is 2.32. The van der Waals surface area contributed by atoms with Gasteiger partial charge in [-0.05, 0) is 30.5 Å². The largest absolute Gasteiger partial charge is 0.454 e. The zero-order valence-electron chi connectivity index (χ0n) is 13.5. The van der Waals surface area contributed by atoms with E-state index in [-0.39, 0.29) is 42.6 Å². The number of nitrogens with two attached hydrogens (primary N) is 1. The second kappa shape index (κ2) is 6.12. The van der Waals surface area contributed by atoms with Crippen LogP contribution in [0.1, 0.15) is 30.0 Å². The highest BCUT2D eigenvalue weighted by atomic mass is 16.7. The van der Waals surface area contributed by atoms with Crippen molar-refractivity contribution in [2.75, 3.05) is 12.5 Å². The number of carbonyl (C=O) groups is 1. The Morgan fingerprint density at radius 1 is 1.28 bits per heavy atom. The average molecular weight is 342 g/mol. The summed E-state index contributed by atoms with van der Waals surface area (Å²) in [6, 6.07) is 7.06. The fourth-order valence-electron chi connectivity index (χ4n) is 3.20. The Balaban J connectivity index is 1.30. The standard InChI is InChI=1S/C17H18N4O4/c18-17-20-12(7-16(23)21-17)10-5-11(6-10)19-15(22)4-9-1-2-13-14(3-9)25-8-24-13/h1-3,7,10-11H,4-6,8H2,(H,19,22)(H3,18,20,21,23). The maximum Gasteiger partial charge on any atom is 0.252 e. The molecular formula is C17H18N4O4. The summed E-state index contributed by atoms with van der Waals surface area (Å²) in [5, 5.41) is 3.01. The molecule has 2 aromatic rings. The number of anilines is 1. The third-order valence-corrected chi connectivity index (χ3v) is 4.50. The third-order valence-electron chi connectivity index (χ3n) is 4.50. The van der Waals surface area contributed by atoms with Gasteiger partial charge < -0.3 is 20.5 Å². The van der Waals surface area contributed by atoms with Gasteiger partial charge in [0.15, 0.2) is 11.5 Å². The number of rotatable bonds is 4. The second-order valence-electron chi connectivity index (χ2n) is 6.35. The lowest BCUT2D eigenvalue weighted by molar-refractivity contribution is -0.121. The van der Waals surface area contributed by atoms with Gasteiger partial charge in [-0.3, -0.25) is 14.6 Å². The van der Waals surface area contributed by atoms with E-state index in [1.807, 2.05) is 18.2 Å². The number of nitrogen functional groups attached to an aromatic ring is 1. The predicted molar refractivity (Wildman–Crippen MR) is 89.4 cm³/mol. The minimum Gasteiger partial charge on any atom is -0.454 e. The molecule has 1 aliphatic carbocycles. The Labute approximate surface area is 143 Å². The first-order chi connectivity index (χ1) is 12.1. The van der Waals surface area contributed by atoms with Crippen LogP contribution in [0.2, 0.25) is 0 Å². The normalized spacial score (nSPS) is 20.8. The van der Waals surface area contributed by atoms with Gasteiger partial charge in [-0.2, -0.15) is 0 Å². The fourth-order valence-corrected chi connectivity index (χ4v) is 3.20. The van der Waals surface area contributed by atoms with E-state index in [9.17, 15) is 9.59 Å². The van der Waals surface area contributed by atoms with Crippen LogP contribution in [0.4, 0.5) is 5.95 Å². The van der Waals surface area contributed by atoms with Crippen molar-refractivity contribution in [3.05, 3.63) is 45.9 Å². The second-order valence-corrected chi connectivity index (χ2v) is 6.35. The van der Waals surface area contributed by atoms with Crippen LogP contribution in [-0.2, 0) is 11.2 Å². The molecule has 0 atom stereocenters. The monoisotopic (exact) mass is 342 g/mol. The number of ether oxygens (including phenoxy) is 2. The van der Waals surface area contributed by atoms with Crippen molar-refractivity contribution in [1.82, 2.24) is 15.3 Å². The highest BCUT2D eigenvalue weighted by molar-refractivity contribution is 5.79. The number of amides is 1. The van der Waals surface area contributed by atoms with Crippen molar-refractivity contribution in [3.63, 3.8) is 0 Å². The third kappa shape index (κ3) is 3.28. The van der Waals surface area contributed by atoms with Crippen molar-refractivity contribution in [3.8, 4) is 11.5 Å². The number of fused-ring (bicyclic) bond motifs is 1. The lowest BCUT2D eigenvalue weighted by Crippen LogP contribution is -2.44. The Bertz CT molecular complexity index is 873. The summed E-state index contributed by atoms with van der Waals surface area (Å²) >= 11 is 0. The van der Waals surface area contributed by atoms with Gasteiger partial charge in [0.05, 0.1) is 12.1 Å². The molecule has 0 saturated heterocycles. The lowest BCUT2D eigenvalue weighted by Gasteiger charge is -2.35. The molecule has 4 rings (SSSR count). The molecular weight excluding hydrogens is 324 g/mol. The van der Waals surface area contributed by atoms with E-state index < -0.39 is 0 Å². The van der Waals surface area contributed by atoms with Crippen molar-refractivity contribution in [1.29, 1.82) is 0 Å². The molecule has 1 saturated carbocycles. The van der Waals surface area contributed by atoms with E-state index in [4.69, 9.17) is 15.2 Å². The van der Waals surface area contributed by atoms with Crippen LogP contribution in [0.25, 0.3) is 0 Å². The molecule has 130 valence electrons. The zero-order valence-corrected chi connectivity index (χ0v) is 13.5. The molecule has 8 nitrogen and oxygen atoms in total. The maximum absolute atomic E-state index is 12.2. The molecule has 1 aromatic heterocycles. The van der Waals surface area contributed by atoms with Crippen LogP contribution in [-0.4, -0.2) is 28.7 Å². The van der Waals surface area contributed by atoms with E-state index in [1.54, 1.807) is 0 Å². The van der Waals surface area contributed by atoms with Gasteiger partial charge in [-0.15, -0.1) is 0 Å². The molecule has 8 heteroatoms. The first-order valence-electron chi connectivity index (χ1n) is 8.11. The van der Waals surface area contributed by atoms with Crippen LogP contribution < -0.4 is 26.1 Å². The lowest BCUT2D eigenvalue weighted by atomic mass is 9.78. The first-order valence-corrected chi connectivity index (χ1v) is 8.11. The number of hydrogen-bond donors (Lipinski definition) is 3. The minimum absolute atomic E-state index is 0.0410. The minimum atomic E-state index is -0.252. The zero-order chi connectivity index (χ0) is 17.4. The van der Waals surface area contributed by atoms with Gasteiger partial charge in [0, 0.05) is 18.0 Å². The molecule has 0 radical (unpaired) electrons. The van der Waals surface area contributed by atoms with Crippen LogP contribution in [0, 0.1) is 0 Å². The van der Waals surface area contributed by atoms with Crippen LogP contribution in [0.15, 0.2) is 29.1 Å². The summed E-state index contributed by atoms with van der Waals surface area (Å²) in [4.78, 5) is 30.2. The van der Waals surface area contributed by atoms with Gasteiger partial charge >= 0.3 is 0 Å². The molecule has 1 amide bonds. The van der Waals surface area contributed by atoms with Gasteiger partial charge in [0.1, 0.15) is 0 Å². The maximum atomic E-state index is 12.2. The molecule has 0 spiro atoms. The summed E-state index contributed by atoms with van der Waals surface area (Å²) in [6.07, 6.45) is 1.79. The van der Waals surface area contributed by atoms with E-state index >= 15 is 0 Å². The van der Waals surface area contributed by atoms with Crippen LogP contribution in [0.3, 0.4) is 0 Å². The number of nitrogens with zero attached hydrogens (tertiary/aromatic N) is 1. The molecule has 1 fully saturated rings. The van der Waals surface area contributed by atoms with Crippen LogP contribution >= 0.6 is 0 Å². The van der Waals surface area contributed by atoms with E-state index in [0.717, 1.165) is 18.4 Å². The highest BCUT2D eigenvalue weighted by Crippen LogP contribution is 2.36. The number of aromatic nitrogens is 2. The number of hydrogen-bond acceptors (Lipinski definition) is 6. The molecule has 0 bridgehead atoms. The quantitative estimate of drug-likeness (QED) is 0.752. The number of benzene rings is 1. The summed E-state index contributed by atoms with van der Waals surface area (Å²) in [7, 11) is 0. The van der Waals surface area contributed by atoms with Crippen molar-refractivity contribution >= 4 is 11.9 Å². The van der Waals surface area contributed by atoms with E-state index in [1.165, 1.54) is 6.07 Å². The Hall–Kier alpha value is -3.03. The average Bonchev–Trinajstić information content (AvgIpc) is 2.97. The number of nitrogens with one attached hydrogen (secondary N) is 2. The Kier molecular flexibility index (Phi) is 3.79. The van der Waals surface area contributed by atoms with Gasteiger partial charge in [-0.25, -0.2) is 4.98 Å². The molecule has 2 aliphatic rings. The molecule has 1 aliphatic heterocycles. The summed E-state index contributed by atoms with van der Waals surface area (Å²) < 4.78 is 10.6. The van der Waals surface area contributed by atoms with E-state index in [2.05, 4.69) is 15.3 Å². The Morgan fingerprint density at radius 3 is 2.88 bits per heavy atom. The van der Waals surface area contributed by atoms with Crippen molar-refractivity contribution in [2.24, 2.45) is 0 Å². The summed E-state index contributed by atoms with van der Waals surface area (Å²) in [5.74, 6) is 1.61. The van der Waals surface area contributed by atoms with Crippen molar-refractivity contribution < 1.29 is 14.3 Å². The molecule has 1 aromatic carbocycles. The SMILES string of the molecule is Nc1nc(C2CC(NC(=O)Cc3ccc4c(c3)OCO4)C2)cc(=O)[nH]1. The number of aromatic amines is 1. The topological polar surface area (TPSA) is 119 Å². The van der Waals surface area contributed by atoms with Crippen molar-refractivity contribution in [2.45, 2.75) is 31.2 Å². The molecule has 0 unspecified atom stereocenters. The van der Waals surface area contributed by atoms with Gasteiger partial charge in [0.2, 0.25) is 18.6 Å². The number of H-pyrrole nitrogens is 1. The summed E-state index contributed by atoms with van der Waals surface area (Å²) in [5.41, 5.74) is 6.87. The summed E-state index contributed by atoms with van der Waals surface area (Å²) in [6.45, 7) is 0.218. The fraction of sp³-hybridized carbons (Fsp3) is 0.353. The van der Waals surface area contributed by atoms with Crippen LogP contribution in [0.5, 0.6) is 11.5 Å². The van der Waals surface area contributed by atoms with Gasteiger partial charge in [0.25, 0.3) is 5.56 Å². The first kappa shape index (κ1) is 15.5. The predicted octanol–water partition coefficient (Wildman–Crippen LogP) is 0.686. The smallest absolute Gasteiger partial charge is 0.252 e. The number of carbonyl (C=O) groups excluding carboxylic acids is 1. The Morgan fingerprint density at radius 2 is 2.08 bits per heavy atom. The molecule has 4 N–H and O–H groups in total. The molecule has 25 heavy (non-hydrogen) atoms. The van der Waals surface area contributed by atoms with Gasteiger partial charge in [-0.1, -0.05) is 6.07 Å². The van der Waals surface area contributed by atoms with E-state index in [0.29, 0.717) is 17.2 Å². The molecule has 2 heterocycles.